The number of ether oxygens (including phenoxy) is 1. The Bertz CT molecular complexity index is 970. The maximum absolute atomic E-state index is 12.2. The van der Waals surface area contributed by atoms with Gasteiger partial charge in [-0.1, -0.05) is 25.6 Å². The van der Waals surface area contributed by atoms with Crippen LogP contribution in [0.5, 0.6) is 5.75 Å². The van der Waals surface area contributed by atoms with Gasteiger partial charge in [-0.15, -0.1) is 23.4 Å². The van der Waals surface area contributed by atoms with Crippen molar-refractivity contribution in [1.82, 2.24) is 14.8 Å². The molecule has 2 heterocycles. The molecule has 3 rings (SSSR count). The minimum Gasteiger partial charge on any atom is -0.461 e. The van der Waals surface area contributed by atoms with Crippen molar-refractivity contribution in [3.8, 4) is 17.3 Å². The number of hydrogen-bond donors (Lipinski definition) is 1. The summed E-state index contributed by atoms with van der Waals surface area (Å²) in [6.45, 7) is 4.76. The van der Waals surface area contributed by atoms with Crippen LogP contribution in [0.25, 0.3) is 11.6 Å². The fourth-order valence-corrected chi connectivity index (χ4v) is 3.33. The Kier molecular flexibility index (Phi) is 6.70. The Morgan fingerprint density at radius 2 is 1.97 bits per heavy atom. The highest BCUT2D eigenvalue weighted by atomic mass is 32.2. The molecule has 0 radical (unpaired) electrons. The number of aromatic nitrogens is 3. The van der Waals surface area contributed by atoms with Crippen molar-refractivity contribution in [3.05, 3.63) is 42.7 Å². The molecule has 3 aromatic rings. The van der Waals surface area contributed by atoms with Gasteiger partial charge in [0, 0.05) is 12.2 Å². The first-order chi connectivity index (χ1) is 14.2. The van der Waals surface area contributed by atoms with E-state index in [4.69, 9.17) is 4.42 Å². The first-order valence-corrected chi connectivity index (χ1v) is 9.95. The number of nitrogens with zero attached hydrogens (tertiary/aromatic N) is 3. The summed E-state index contributed by atoms with van der Waals surface area (Å²) in [5, 5.41) is 11.5. The molecule has 1 aromatic carbocycles. The van der Waals surface area contributed by atoms with Gasteiger partial charge in [-0.25, -0.2) is 0 Å². The van der Waals surface area contributed by atoms with E-state index in [0.717, 1.165) is 12.1 Å². The highest BCUT2D eigenvalue weighted by molar-refractivity contribution is 7.99. The summed E-state index contributed by atoms with van der Waals surface area (Å²) in [7, 11) is 0. The minimum absolute atomic E-state index is 0.0508. The number of furan rings is 1. The minimum atomic E-state index is -4.76. The van der Waals surface area contributed by atoms with E-state index in [9.17, 15) is 18.0 Å². The van der Waals surface area contributed by atoms with E-state index in [2.05, 4.69) is 34.1 Å². The SMILES string of the molecule is CC(C)Cn1c(SCC(=O)Nc2ccc(OC(F)(F)F)cc2)nnc1-c1ccco1. The maximum atomic E-state index is 12.2. The lowest BCUT2D eigenvalue weighted by molar-refractivity contribution is -0.274. The van der Waals surface area contributed by atoms with Crippen LogP contribution in [-0.4, -0.2) is 32.8 Å². The highest BCUT2D eigenvalue weighted by Gasteiger charge is 2.31. The lowest BCUT2D eigenvalue weighted by Gasteiger charge is -2.12. The van der Waals surface area contributed by atoms with Crippen molar-refractivity contribution in [2.75, 3.05) is 11.1 Å². The number of halogens is 3. The Morgan fingerprint density at radius 1 is 1.23 bits per heavy atom. The molecule has 0 fully saturated rings. The van der Waals surface area contributed by atoms with Crippen LogP contribution in [0, 0.1) is 5.92 Å². The van der Waals surface area contributed by atoms with E-state index in [1.54, 1.807) is 18.4 Å². The summed E-state index contributed by atoms with van der Waals surface area (Å²) < 4.78 is 47.7. The molecule has 0 atom stereocenters. The average molecular weight is 440 g/mol. The van der Waals surface area contributed by atoms with Gasteiger partial charge in [-0.2, -0.15) is 0 Å². The van der Waals surface area contributed by atoms with Gasteiger partial charge < -0.3 is 14.5 Å². The van der Waals surface area contributed by atoms with Crippen molar-refractivity contribution < 1.29 is 27.1 Å². The van der Waals surface area contributed by atoms with Gasteiger partial charge in [0.05, 0.1) is 12.0 Å². The molecular formula is C19H19F3N4O3S. The van der Waals surface area contributed by atoms with Crippen molar-refractivity contribution in [2.45, 2.75) is 31.9 Å². The van der Waals surface area contributed by atoms with Gasteiger partial charge in [0.25, 0.3) is 0 Å². The second-order valence-corrected chi connectivity index (χ2v) is 7.64. The maximum Gasteiger partial charge on any atom is 0.573 e. The summed E-state index contributed by atoms with van der Waals surface area (Å²) in [6.07, 6.45) is -3.21. The zero-order valence-corrected chi connectivity index (χ0v) is 17.0. The Labute approximate surface area is 174 Å². The van der Waals surface area contributed by atoms with Crippen LogP contribution in [0.4, 0.5) is 18.9 Å². The van der Waals surface area contributed by atoms with Gasteiger partial charge in [0.1, 0.15) is 5.75 Å². The molecule has 0 unspecified atom stereocenters. The third-order valence-corrected chi connectivity index (χ3v) is 4.68. The van der Waals surface area contributed by atoms with Crippen LogP contribution in [0.3, 0.4) is 0 Å². The number of carbonyl (C=O) groups excluding carboxylic acids is 1. The van der Waals surface area contributed by atoms with Crippen LogP contribution in [0.1, 0.15) is 13.8 Å². The molecule has 30 heavy (non-hydrogen) atoms. The Morgan fingerprint density at radius 3 is 2.57 bits per heavy atom. The predicted molar refractivity (Wildman–Crippen MR) is 105 cm³/mol. The van der Waals surface area contributed by atoms with Crippen LogP contribution in [-0.2, 0) is 11.3 Å². The number of amides is 1. The average Bonchev–Trinajstić information content (AvgIpc) is 3.30. The normalized spacial score (nSPS) is 11.7. The zero-order valence-electron chi connectivity index (χ0n) is 16.1. The topological polar surface area (TPSA) is 82.2 Å². The molecule has 0 aliphatic heterocycles. The first-order valence-electron chi connectivity index (χ1n) is 8.97. The van der Waals surface area contributed by atoms with Crippen LogP contribution < -0.4 is 10.1 Å². The second kappa shape index (κ2) is 9.24. The number of thioether (sulfide) groups is 1. The van der Waals surface area contributed by atoms with Gasteiger partial charge in [0.2, 0.25) is 5.91 Å². The van der Waals surface area contributed by atoms with Crippen molar-refractivity contribution in [1.29, 1.82) is 0 Å². The summed E-state index contributed by atoms with van der Waals surface area (Å²) in [5.41, 5.74) is 0.357. The molecule has 7 nitrogen and oxygen atoms in total. The molecule has 2 aromatic heterocycles. The summed E-state index contributed by atoms with van der Waals surface area (Å²) in [4.78, 5) is 12.2. The number of carbonyl (C=O) groups is 1. The van der Waals surface area contributed by atoms with E-state index < -0.39 is 6.36 Å². The predicted octanol–water partition coefficient (Wildman–Crippen LogP) is 4.82. The molecular weight excluding hydrogens is 421 g/mol. The number of alkyl halides is 3. The van der Waals surface area contributed by atoms with E-state index in [0.29, 0.717) is 34.9 Å². The fourth-order valence-electron chi connectivity index (χ4n) is 2.58. The Hall–Kier alpha value is -2.95. The van der Waals surface area contributed by atoms with Gasteiger partial charge in [-0.05, 0) is 42.3 Å². The van der Waals surface area contributed by atoms with Crippen molar-refractivity contribution in [2.24, 2.45) is 5.92 Å². The third kappa shape index (κ3) is 6.02. The molecule has 0 saturated carbocycles. The van der Waals surface area contributed by atoms with Crippen molar-refractivity contribution >= 4 is 23.4 Å². The standard InChI is InChI=1S/C19H19F3N4O3S/c1-12(2)10-26-17(15-4-3-9-28-15)24-25-18(26)30-11-16(27)23-13-5-7-14(8-6-13)29-19(20,21)22/h3-9,12H,10-11H2,1-2H3,(H,23,27). The third-order valence-electron chi connectivity index (χ3n) is 3.71. The monoisotopic (exact) mass is 440 g/mol. The number of rotatable bonds is 8. The van der Waals surface area contributed by atoms with Crippen LogP contribution >= 0.6 is 11.8 Å². The number of benzene rings is 1. The molecule has 1 amide bonds. The molecule has 0 saturated heterocycles. The summed E-state index contributed by atoms with van der Waals surface area (Å²) >= 11 is 1.21. The van der Waals surface area contributed by atoms with Gasteiger partial charge in [-0.3, -0.25) is 9.36 Å². The number of anilines is 1. The lowest BCUT2D eigenvalue weighted by atomic mass is 10.2. The van der Waals surface area contributed by atoms with E-state index in [1.807, 2.05) is 4.57 Å². The number of hydrogen-bond acceptors (Lipinski definition) is 6. The lowest BCUT2D eigenvalue weighted by Crippen LogP contribution is -2.17. The summed E-state index contributed by atoms with van der Waals surface area (Å²) in [5.74, 6) is 0.845. The van der Waals surface area contributed by atoms with E-state index in [1.165, 1.54) is 23.9 Å². The molecule has 1 N–H and O–H groups in total. The zero-order chi connectivity index (χ0) is 21.7. The molecule has 11 heteroatoms. The Balaban J connectivity index is 1.62. The van der Waals surface area contributed by atoms with Gasteiger partial charge in [0.15, 0.2) is 16.7 Å². The molecule has 160 valence electrons. The largest absolute Gasteiger partial charge is 0.573 e. The smallest absolute Gasteiger partial charge is 0.461 e. The fraction of sp³-hybridized carbons (Fsp3) is 0.316. The van der Waals surface area contributed by atoms with Crippen LogP contribution in [0.15, 0.2) is 52.2 Å². The van der Waals surface area contributed by atoms with E-state index in [-0.39, 0.29) is 17.4 Å². The highest BCUT2D eigenvalue weighted by Crippen LogP contribution is 2.26. The molecule has 0 spiro atoms. The first kappa shape index (κ1) is 21.8. The summed E-state index contributed by atoms with van der Waals surface area (Å²) in [6, 6.07) is 8.47. The molecule has 0 bridgehead atoms. The number of nitrogens with one attached hydrogen (secondary N) is 1. The van der Waals surface area contributed by atoms with Crippen LogP contribution in [0.2, 0.25) is 0 Å². The van der Waals surface area contributed by atoms with Gasteiger partial charge >= 0.3 is 6.36 Å². The molecule has 0 aliphatic carbocycles. The van der Waals surface area contributed by atoms with Crippen molar-refractivity contribution in [3.63, 3.8) is 0 Å². The quantitative estimate of drug-likeness (QED) is 0.506. The second-order valence-electron chi connectivity index (χ2n) is 6.70. The van der Waals surface area contributed by atoms with E-state index >= 15 is 0 Å². The molecule has 0 aliphatic rings.